The van der Waals surface area contributed by atoms with E-state index >= 15 is 0 Å². The molecule has 0 heterocycles. The SMILES string of the molecule is CC(C)(C)OC(=O)NC1CCC(Nc2ccc3cc(Br)ccc3c2)CC1. The maximum Gasteiger partial charge on any atom is 0.407 e. The third-order valence-electron chi connectivity index (χ3n) is 4.62. The molecule has 0 unspecified atom stereocenters. The highest BCUT2D eigenvalue weighted by atomic mass is 79.9. The van der Waals surface area contributed by atoms with Crippen molar-refractivity contribution in [2.75, 3.05) is 5.32 Å². The lowest BCUT2D eigenvalue weighted by Crippen LogP contribution is -2.42. The molecule has 0 saturated heterocycles. The number of rotatable bonds is 3. The minimum absolute atomic E-state index is 0.205. The van der Waals surface area contributed by atoms with Crippen LogP contribution in [0.5, 0.6) is 0 Å². The summed E-state index contributed by atoms with van der Waals surface area (Å²) in [5.74, 6) is 0. The van der Waals surface area contributed by atoms with Crippen molar-refractivity contribution in [1.82, 2.24) is 5.32 Å². The summed E-state index contributed by atoms with van der Waals surface area (Å²) in [6, 6.07) is 13.5. The van der Waals surface area contributed by atoms with E-state index in [1.807, 2.05) is 20.8 Å². The first-order valence-electron chi connectivity index (χ1n) is 9.24. The molecule has 0 aliphatic heterocycles. The van der Waals surface area contributed by atoms with Crippen molar-refractivity contribution in [1.29, 1.82) is 0 Å². The van der Waals surface area contributed by atoms with Gasteiger partial charge in [-0.15, -0.1) is 0 Å². The second-order valence-corrected chi connectivity index (χ2v) is 8.96. The Bertz CT molecular complexity index is 777. The summed E-state index contributed by atoms with van der Waals surface area (Å²) in [7, 11) is 0. The van der Waals surface area contributed by atoms with E-state index in [-0.39, 0.29) is 12.1 Å². The average Bonchev–Trinajstić information content (AvgIpc) is 2.55. The number of hydrogen-bond acceptors (Lipinski definition) is 3. The number of anilines is 1. The number of alkyl carbamates (subject to hydrolysis) is 1. The fourth-order valence-corrected chi connectivity index (χ4v) is 3.78. The summed E-state index contributed by atoms with van der Waals surface area (Å²) < 4.78 is 6.44. The fourth-order valence-electron chi connectivity index (χ4n) is 3.40. The Morgan fingerprint density at radius 3 is 2.31 bits per heavy atom. The van der Waals surface area contributed by atoms with Gasteiger partial charge in [-0.05, 0) is 81.5 Å². The molecule has 1 aliphatic carbocycles. The summed E-state index contributed by atoms with van der Waals surface area (Å²) in [5, 5.41) is 9.11. The molecule has 0 bridgehead atoms. The van der Waals surface area contributed by atoms with Gasteiger partial charge in [0.2, 0.25) is 0 Å². The van der Waals surface area contributed by atoms with Gasteiger partial charge in [0.15, 0.2) is 0 Å². The second kappa shape index (κ2) is 7.87. The van der Waals surface area contributed by atoms with E-state index in [2.05, 4.69) is 63.0 Å². The highest BCUT2D eigenvalue weighted by Crippen LogP contribution is 2.26. The highest BCUT2D eigenvalue weighted by molar-refractivity contribution is 9.10. The number of benzene rings is 2. The largest absolute Gasteiger partial charge is 0.444 e. The summed E-state index contributed by atoms with van der Waals surface area (Å²) >= 11 is 3.51. The van der Waals surface area contributed by atoms with Crippen LogP contribution in [0.1, 0.15) is 46.5 Å². The minimum atomic E-state index is -0.450. The molecule has 5 heteroatoms. The van der Waals surface area contributed by atoms with Crippen LogP contribution in [0.15, 0.2) is 40.9 Å². The lowest BCUT2D eigenvalue weighted by molar-refractivity contribution is 0.0492. The summed E-state index contributed by atoms with van der Waals surface area (Å²) in [5.41, 5.74) is 0.706. The van der Waals surface area contributed by atoms with Crippen molar-refractivity contribution < 1.29 is 9.53 Å². The Morgan fingerprint density at radius 2 is 1.62 bits per heavy atom. The normalized spacial score (nSPS) is 20.6. The molecule has 3 rings (SSSR count). The third-order valence-corrected chi connectivity index (χ3v) is 5.11. The van der Waals surface area contributed by atoms with Crippen LogP contribution in [-0.4, -0.2) is 23.8 Å². The van der Waals surface area contributed by atoms with Crippen LogP contribution in [0.4, 0.5) is 10.5 Å². The average molecular weight is 419 g/mol. The fraction of sp³-hybridized carbons (Fsp3) is 0.476. The van der Waals surface area contributed by atoms with Crippen LogP contribution < -0.4 is 10.6 Å². The van der Waals surface area contributed by atoms with Gasteiger partial charge in [-0.2, -0.15) is 0 Å². The van der Waals surface area contributed by atoms with Crippen LogP contribution in [0.2, 0.25) is 0 Å². The predicted octanol–water partition coefficient (Wildman–Crippen LogP) is 5.85. The first-order valence-corrected chi connectivity index (χ1v) is 10.0. The Balaban J connectivity index is 1.51. The number of hydrogen-bond donors (Lipinski definition) is 2. The lowest BCUT2D eigenvalue weighted by atomic mass is 9.91. The quantitative estimate of drug-likeness (QED) is 0.656. The number of amides is 1. The van der Waals surface area contributed by atoms with Gasteiger partial charge in [0.1, 0.15) is 5.60 Å². The minimum Gasteiger partial charge on any atom is -0.444 e. The van der Waals surface area contributed by atoms with Gasteiger partial charge in [-0.3, -0.25) is 0 Å². The standard InChI is InChI=1S/C21H27BrN2O2/c1-21(2,3)26-20(25)24-18-10-8-17(9-11-18)23-19-7-5-14-12-16(22)6-4-15(14)13-19/h4-7,12-13,17-18,23H,8-11H2,1-3H3,(H,24,25). The topological polar surface area (TPSA) is 50.4 Å². The Hall–Kier alpha value is -1.75. The van der Waals surface area contributed by atoms with Crippen LogP contribution >= 0.6 is 15.9 Å². The lowest BCUT2D eigenvalue weighted by Gasteiger charge is -2.31. The van der Waals surface area contributed by atoms with Crippen LogP contribution in [0, 0.1) is 0 Å². The molecule has 0 aromatic heterocycles. The van der Waals surface area contributed by atoms with Crippen molar-refractivity contribution in [3.63, 3.8) is 0 Å². The second-order valence-electron chi connectivity index (χ2n) is 8.05. The molecule has 26 heavy (non-hydrogen) atoms. The van der Waals surface area contributed by atoms with Crippen LogP contribution in [-0.2, 0) is 4.74 Å². The van der Waals surface area contributed by atoms with Crippen molar-refractivity contribution in [2.24, 2.45) is 0 Å². The Labute approximate surface area is 163 Å². The molecular weight excluding hydrogens is 392 g/mol. The molecule has 0 atom stereocenters. The maximum absolute atomic E-state index is 11.9. The number of fused-ring (bicyclic) bond motifs is 1. The van der Waals surface area contributed by atoms with Crippen LogP contribution in [0.25, 0.3) is 10.8 Å². The molecule has 2 aromatic carbocycles. The zero-order valence-electron chi connectivity index (χ0n) is 15.6. The third kappa shape index (κ3) is 5.37. The van der Waals surface area contributed by atoms with Gasteiger partial charge in [0.05, 0.1) is 0 Å². The van der Waals surface area contributed by atoms with Crippen molar-refractivity contribution in [3.05, 3.63) is 40.9 Å². The highest BCUT2D eigenvalue weighted by Gasteiger charge is 2.24. The zero-order chi connectivity index (χ0) is 18.7. The monoisotopic (exact) mass is 418 g/mol. The van der Waals surface area contributed by atoms with Gasteiger partial charge < -0.3 is 15.4 Å². The molecule has 2 N–H and O–H groups in total. The van der Waals surface area contributed by atoms with E-state index < -0.39 is 5.60 Å². The zero-order valence-corrected chi connectivity index (χ0v) is 17.2. The van der Waals surface area contributed by atoms with E-state index in [4.69, 9.17) is 4.74 Å². The van der Waals surface area contributed by atoms with Gasteiger partial charge in [-0.25, -0.2) is 4.79 Å². The maximum atomic E-state index is 11.9. The van der Waals surface area contributed by atoms with Crippen molar-refractivity contribution in [3.8, 4) is 0 Å². The Morgan fingerprint density at radius 1 is 1.00 bits per heavy atom. The predicted molar refractivity (Wildman–Crippen MR) is 111 cm³/mol. The molecule has 1 saturated carbocycles. The molecule has 0 radical (unpaired) electrons. The molecule has 4 nitrogen and oxygen atoms in total. The molecule has 1 fully saturated rings. The van der Waals surface area contributed by atoms with Gasteiger partial charge in [0, 0.05) is 22.2 Å². The molecule has 1 aliphatic rings. The number of carbonyl (C=O) groups is 1. The molecule has 2 aromatic rings. The van der Waals surface area contributed by atoms with Gasteiger partial charge in [-0.1, -0.05) is 28.1 Å². The summed E-state index contributed by atoms with van der Waals surface area (Å²) in [6.45, 7) is 5.65. The number of ether oxygens (including phenoxy) is 1. The molecule has 140 valence electrons. The van der Waals surface area contributed by atoms with Crippen LogP contribution in [0.3, 0.4) is 0 Å². The van der Waals surface area contributed by atoms with E-state index in [0.29, 0.717) is 6.04 Å². The number of nitrogens with one attached hydrogen (secondary N) is 2. The summed E-state index contributed by atoms with van der Waals surface area (Å²) in [4.78, 5) is 11.9. The van der Waals surface area contributed by atoms with E-state index in [1.54, 1.807) is 0 Å². The van der Waals surface area contributed by atoms with Gasteiger partial charge >= 0.3 is 6.09 Å². The number of carbonyl (C=O) groups excluding carboxylic acids is 1. The molecular formula is C21H27BrN2O2. The van der Waals surface area contributed by atoms with E-state index in [0.717, 1.165) is 35.8 Å². The Kier molecular flexibility index (Phi) is 5.76. The van der Waals surface area contributed by atoms with Crippen molar-refractivity contribution in [2.45, 2.75) is 64.1 Å². The molecule has 1 amide bonds. The first kappa shape index (κ1) is 19.0. The van der Waals surface area contributed by atoms with Crippen molar-refractivity contribution >= 4 is 38.5 Å². The van der Waals surface area contributed by atoms with E-state index in [9.17, 15) is 4.79 Å². The molecule has 0 spiro atoms. The smallest absolute Gasteiger partial charge is 0.407 e. The first-order chi connectivity index (χ1) is 12.3. The van der Waals surface area contributed by atoms with E-state index in [1.165, 1.54) is 10.8 Å². The summed E-state index contributed by atoms with van der Waals surface area (Å²) in [6.07, 6.45) is 3.71. The van der Waals surface area contributed by atoms with Gasteiger partial charge in [0.25, 0.3) is 0 Å². The number of halogens is 1.